The zero-order valence-corrected chi connectivity index (χ0v) is 12.2. The van der Waals surface area contributed by atoms with Gasteiger partial charge in [0.2, 0.25) is 5.91 Å². The van der Waals surface area contributed by atoms with Gasteiger partial charge in [0.05, 0.1) is 29.8 Å². The van der Waals surface area contributed by atoms with E-state index in [9.17, 15) is 9.90 Å². The summed E-state index contributed by atoms with van der Waals surface area (Å²) >= 11 is 1.57. The Hall–Kier alpha value is -1.72. The van der Waals surface area contributed by atoms with E-state index >= 15 is 0 Å². The van der Waals surface area contributed by atoms with Gasteiger partial charge >= 0.3 is 0 Å². The molecule has 0 unspecified atom stereocenters. The van der Waals surface area contributed by atoms with Crippen molar-refractivity contribution in [2.24, 2.45) is 0 Å². The lowest BCUT2D eigenvalue weighted by atomic mass is 10.1. The highest BCUT2D eigenvalue weighted by molar-refractivity contribution is 7.09. The predicted octanol–water partition coefficient (Wildman–Crippen LogP) is 2.10. The summed E-state index contributed by atoms with van der Waals surface area (Å²) in [7, 11) is 0. The molecule has 1 aromatic carbocycles. The third-order valence-electron chi connectivity index (χ3n) is 2.96. The summed E-state index contributed by atoms with van der Waals surface area (Å²) in [6.07, 6.45) is 1.13. The van der Waals surface area contributed by atoms with Gasteiger partial charge < -0.3 is 10.4 Å². The number of aromatic nitrogens is 1. The van der Waals surface area contributed by atoms with Gasteiger partial charge in [-0.05, 0) is 12.0 Å². The number of aliphatic hydroxyl groups excluding tert-OH is 1. The number of rotatable bonds is 6. The number of nitrogens with zero attached hydrogens (tertiary/aromatic N) is 1. The van der Waals surface area contributed by atoms with Crippen LogP contribution in [-0.4, -0.2) is 22.6 Å². The first kappa shape index (κ1) is 14.7. The number of carbonyl (C=O) groups is 1. The molecule has 0 aliphatic rings. The molecule has 0 radical (unpaired) electrons. The third kappa shape index (κ3) is 3.88. The summed E-state index contributed by atoms with van der Waals surface area (Å²) in [5, 5.41) is 15.2. The van der Waals surface area contributed by atoms with Crippen molar-refractivity contribution in [1.82, 2.24) is 10.3 Å². The largest absolute Gasteiger partial charge is 0.394 e. The van der Waals surface area contributed by atoms with Gasteiger partial charge in [-0.25, -0.2) is 4.98 Å². The molecule has 2 N–H and O–H groups in total. The molecule has 0 fully saturated rings. The van der Waals surface area contributed by atoms with Gasteiger partial charge in [0.15, 0.2) is 0 Å². The van der Waals surface area contributed by atoms with Crippen molar-refractivity contribution in [3.05, 3.63) is 52.0 Å². The molecule has 0 bridgehead atoms. The quantitative estimate of drug-likeness (QED) is 0.856. The van der Waals surface area contributed by atoms with Crippen LogP contribution in [0.1, 0.15) is 29.2 Å². The van der Waals surface area contributed by atoms with Gasteiger partial charge in [-0.15, -0.1) is 11.3 Å². The maximum absolute atomic E-state index is 12.0. The summed E-state index contributed by atoms with van der Waals surface area (Å²) in [5.41, 5.74) is 1.69. The standard InChI is InChI=1S/C15H18N2O2S/c1-2-15-16-12(10-20-15)8-14(19)17-13(9-18)11-6-4-3-5-7-11/h3-7,10,13,18H,2,8-9H2,1H3,(H,17,19)/t13-/m0/s1. The van der Waals surface area contributed by atoms with E-state index in [1.54, 1.807) is 11.3 Å². The van der Waals surface area contributed by atoms with Gasteiger partial charge in [0.25, 0.3) is 0 Å². The number of nitrogens with one attached hydrogen (secondary N) is 1. The molecule has 2 aromatic rings. The fourth-order valence-electron chi connectivity index (χ4n) is 1.92. The number of thiazole rings is 1. The number of hydrogen-bond donors (Lipinski definition) is 2. The lowest BCUT2D eigenvalue weighted by molar-refractivity contribution is -0.121. The van der Waals surface area contributed by atoms with Crippen LogP contribution in [0.15, 0.2) is 35.7 Å². The molecule has 106 valence electrons. The smallest absolute Gasteiger partial charge is 0.226 e. The number of carbonyl (C=O) groups excluding carboxylic acids is 1. The van der Waals surface area contributed by atoms with Crippen LogP contribution in [0.3, 0.4) is 0 Å². The second-order valence-electron chi connectivity index (χ2n) is 4.48. The minimum Gasteiger partial charge on any atom is -0.394 e. The number of benzene rings is 1. The molecule has 1 aromatic heterocycles. The molecule has 1 amide bonds. The average molecular weight is 290 g/mol. The minimum atomic E-state index is -0.368. The number of aryl methyl sites for hydroxylation is 1. The molecule has 1 heterocycles. The second-order valence-corrected chi connectivity index (χ2v) is 5.42. The summed E-state index contributed by atoms with van der Waals surface area (Å²) < 4.78 is 0. The topological polar surface area (TPSA) is 62.2 Å². The van der Waals surface area contributed by atoms with Crippen LogP contribution in [-0.2, 0) is 17.6 Å². The molecular weight excluding hydrogens is 272 g/mol. The first-order chi connectivity index (χ1) is 9.72. The Labute approximate surface area is 122 Å². The SMILES string of the molecule is CCc1nc(CC(=O)N[C@@H](CO)c2ccccc2)cs1. The zero-order valence-electron chi connectivity index (χ0n) is 11.4. The lowest BCUT2D eigenvalue weighted by Gasteiger charge is -2.16. The number of hydrogen-bond acceptors (Lipinski definition) is 4. The molecule has 0 aliphatic carbocycles. The minimum absolute atomic E-state index is 0.118. The van der Waals surface area contributed by atoms with E-state index < -0.39 is 0 Å². The molecular formula is C15H18N2O2S. The molecule has 2 rings (SSSR count). The summed E-state index contributed by atoms with van der Waals surface area (Å²) in [6, 6.07) is 9.09. The Bertz CT molecular complexity index is 554. The maximum atomic E-state index is 12.0. The van der Waals surface area contributed by atoms with E-state index in [1.807, 2.05) is 42.6 Å². The fourth-order valence-corrected chi connectivity index (χ4v) is 2.67. The van der Waals surface area contributed by atoms with Crippen molar-refractivity contribution in [3.63, 3.8) is 0 Å². The van der Waals surface area contributed by atoms with Gasteiger partial charge in [0.1, 0.15) is 0 Å². The average Bonchev–Trinajstić information content (AvgIpc) is 2.93. The Balaban J connectivity index is 1.96. The van der Waals surface area contributed by atoms with Gasteiger partial charge in [-0.3, -0.25) is 4.79 Å². The molecule has 0 saturated heterocycles. The fraction of sp³-hybridized carbons (Fsp3) is 0.333. The van der Waals surface area contributed by atoms with E-state index in [0.29, 0.717) is 0 Å². The van der Waals surface area contributed by atoms with Crippen LogP contribution in [0.4, 0.5) is 0 Å². The van der Waals surface area contributed by atoms with Gasteiger partial charge in [0, 0.05) is 5.38 Å². The first-order valence-corrected chi connectivity index (χ1v) is 7.49. The van der Waals surface area contributed by atoms with Crippen molar-refractivity contribution in [1.29, 1.82) is 0 Å². The van der Waals surface area contributed by atoms with Crippen LogP contribution in [0.2, 0.25) is 0 Å². The van der Waals surface area contributed by atoms with Crippen molar-refractivity contribution >= 4 is 17.2 Å². The van der Waals surface area contributed by atoms with Crippen LogP contribution >= 0.6 is 11.3 Å². The van der Waals surface area contributed by atoms with Crippen LogP contribution in [0.25, 0.3) is 0 Å². The normalized spacial score (nSPS) is 12.1. The molecule has 5 heteroatoms. The molecule has 20 heavy (non-hydrogen) atoms. The van der Waals surface area contributed by atoms with Crippen molar-refractivity contribution < 1.29 is 9.90 Å². The van der Waals surface area contributed by atoms with Crippen LogP contribution in [0.5, 0.6) is 0 Å². The summed E-state index contributed by atoms with van der Waals surface area (Å²) in [5.74, 6) is -0.124. The highest BCUT2D eigenvalue weighted by Crippen LogP contribution is 2.13. The van der Waals surface area contributed by atoms with Crippen LogP contribution in [0, 0.1) is 0 Å². The highest BCUT2D eigenvalue weighted by Gasteiger charge is 2.14. The highest BCUT2D eigenvalue weighted by atomic mass is 32.1. The number of aliphatic hydroxyl groups is 1. The molecule has 1 atom stereocenters. The van der Waals surface area contributed by atoms with Gasteiger partial charge in [-0.2, -0.15) is 0 Å². The van der Waals surface area contributed by atoms with E-state index in [1.165, 1.54) is 0 Å². The Kier molecular flexibility index (Phi) is 5.26. The van der Waals surface area contributed by atoms with Crippen LogP contribution < -0.4 is 5.32 Å². The Morgan fingerprint density at radius 2 is 2.15 bits per heavy atom. The van der Waals surface area contributed by atoms with E-state index in [0.717, 1.165) is 22.7 Å². The lowest BCUT2D eigenvalue weighted by Crippen LogP contribution is -2.32. The molecule has 0 saturated carbocycles. The Morgan fingerprint density at radius 1 is 1.40 bits per heavy atom. The third-order valence-corrected chi connectivity index (χ3v) is 4.01. The van der Waals surface area contributed by atoms with E-state index in [-0.39, 0.29) is 25.0 Å². The zero-order chi connectivity index (χ0) is 14.4. The second kappa shape index (κ2) is 7.17. The summed E-state index contributed by atoms with van der Waals surface area (Å²) in [4.78, 5) is 16.4. The first-order valence-electron chi connectivity index (χ1n) is 6.61. The summed E-state index contributed by atoms with van der Waals surface area (Å²) in [6.45, 7) is 1.92. The van der Waals surface area contributed by atoms with E-state index in [2.05, 4.69) is 10.3 Å². The molecule has 0 aliphatic heterocycles. The monoisotopic (exact) mass is 290 g/mol. The molecule has 0 spiro atoms. The van der Waals surface area contributed by atoms with Crippen molar-refractivity contribution in [2.75, 3.05) is 6.61 Å². The maximum Gasteiger partial charge on any atom is 0.226 e. The van der Waals surface area contributed by atoms with Gasteiger partial charge in [-0.1, -0.05) is 37.3 Å². The van der Waals surface area contributed by atoms with E-state index in [4.69, 9.17) is 0 Å². The molecule has 4 nitrogen and oxygen atoms in total. The van der Waals surface area contributed by atoms with Crippen molar-refractivity contribution in [2.45, 2.75) is 25.8 Å². The number of amides is 1. The Morgan fingerprint density at radius 3 is 2.75 bits per heavy atom. The van der Waals surface area contributed by atoms with Crippen molar-refractivity contribution in [3.8, 4) is 0 Å². The predicted molar refractivity (Wildman–Crippen MR) is 79.6 cm³/mol.